The van der Waals surface area contributed by atoms with Crippen LogP contribution in [0.1, 0.15) is 30.4 Å². The van der Waals surface area contributed by atoms with Crippen molar-refractivity contribution < 1.29 is 14.6 Å². The Morgan fingerprint density at radius 1 is 1.09 bits per heavy atom. The topological polar surface area (TPSA) is 59.8 Å². The lowest BCUT2D eigenvalue weighted by molar-refractivity contribution is -0.0537. The smallest absolute Gasteiger partial charge is 0.138 e. The number of hydrogen-bond donors (Lipinski definition) is 1. The van der Waals surface area contributed by atoms with Crippen LogP contribution >= 0.6 is 11.6 Å². The number of nitrogens with zero attached hydrogens (tertiary/aromatic N) is 3. The number of ether oxygens (including phenoxy) is 2. The number of aryl methyl sites for hydroxylation is 2. The highest BCUT2D eigenvalue weighted by molar-refractivity contribution is 6.32. The minimum absolute atomic E-state index is 0.256. The summed E-state index contributed by atoms with van der Waals surface area (Å²) < 4.78 is 13.7. The van der Waals surface area contributed by atoms with Crippen LogP contribution in [-0.4, -0.2) is 51.7 Å². The van der Waals surface area contributed by atoms with Crippen LogP contribution in [0.5, 0.6) is 11.5 Å². The van der Waals surface area contributed by atoms with Gasteiger partial charge < -0.3 is 14.6 Å². The van der Waals surface area contributed by atoms with Crippen LogP contribution in [0.25, 0.3) is 0 Å². The van der Waals surface area contributed by atoms with Crippen molar-refractivity contribution in [2.24, 2.45) is 0 Å². The average Bonchev–Trinajstić information content (AvgIpc) is 3.33. The quantitative estimate of drug-likeness (QED) is 0.435. The number of benzene rings is 2. The molecule has 0 amide bonds. The van der Waals surface area contributed by atoms with E-state index in [1.165, 1.54) is 5.56 Å². The zero-order valence-electron chi connectivity index (χ0n) is 19.1. The fraction of sp³-hybridized carbons (Fsp3) is 0.423. The van der Waals surface area contributed by atoms with Crippen molar-refractivity contribution in [2.45, 2.75) is 44.9 Å². The van der Waals surface area contributed by atoms with Gasteiger partial charge in [-0.05, 0) is 61.2 Å². The van der Waals surface area contributed by atoms with Crippen molar-refractivity contribution in [3.63, 3.8) is 0 Å². The summed E-state index contributed by atoms with van der Waals surface area (Å²) in [6, 6.07) is 15.9. The molecule has 176 valence electrons. The summed E-state index contributed by atoms with van der Waals surface area (Å²) in [7, 11) is 0. The van der Waals surface area contributed by atoms with Gasteiger partial charge in [0.1, 0.15) is 23.7 Å². The maximum absolute atomic E-state index is 11.0. The van der Waals surface area contributed by atoms with Gasteiger partial charge >= 0.3 is 0 Å². The summed E-state index contributed by atoms with van der Waals surface area (Å²) >= 11 is 6.22. The van der Waals surface area contributed by atoms with Crippen LogP contribution in [0, 0.1) is 6.92 Å². The molecule has 0 radical (unpaired) electrons. The molecule has 33 heavy (non-hydrogen) atoms. The lowest BCUT2D eigenvalue weighted by Crippen LogP contribution is -2.47. The van der Waals surface area contributed by atoms with E-state index in [0.29, 0.717) is 30.2 Å². The summed E-state index contributed by atoms with van der Waals surface area (Å²) in [6.07, 6.45) is 6.00. The molecule has 0 aliphatic carbocycles. The lowest BCUT2D eigenvalue weighted by atomic mass is 9.92. The molecular weight excluding hydrogens is 438 g/mol. The molecule has 4 rings (SSSR count). The molecule has 0 atom stereocenters. The Balaban J connectivity index is 1.21. The van der Waals surface area contributed by atoms with E-state index in [-0.39, 0.29) is 6.61 Å². The first-order valence-corrected chi connectivity index (χ1v) is 11.9. The maximum atomic E-state index is 11.0. The van der Waals surface area contributed by atoms with Crippen LogP contribution in [0.2, 0.25) is 5.02 Å². The van der Waals surface area contributed by atoms with Gasteiger partial charge in [-0.25, -0.2) is 0 Å². The minimum atomic E-state index is -0.830. The van der Waals surface area contributed by atoms with Gasteiger partial charge in [0.25, 0.3) is 0 Å². The second-order valence-electron chi connectivity index (χ2n) is 8.84. The molecule has 1 aliphatic heterocycles. The number of halogens is 1. The summed E-state index contributed by atoms with van der Waals surface area (Å²) in [5, 5.41) is 15.8. The van der Waals surface area contributed by atoms with Crippen molar-refractivity contribution >= 4 is 11.6 Å². The van der Waals surface area contributed by atoms with Crippen molar-refractivity contribution in [2.75, 3.05) is 26.3 Å². The number of rotatable bonds is 10. The number of hydrogen-bond acceptors (Lipinski definition) is 5. The first-order valence-electron chi connectivity index (χ1n) is 11.5. The largest absolute Gasteiger partial charge is 0.494 e. The molecule has 1 aromatic heterocycles. The van der Waals surface area contributed by atoms with Crippen molar-refractivity contribution in [3.8, 4) is 11.5 Å². The van der Waals surface area contributed by atoms with Crippen molar-refractivity contribution in [1.29, 1.82) is 0 Å². The van der Waals surface area contributed by atoms with Gasteiger partial charge in [0.15, 0.2) is 0 Å². The maximum Gasteiger partial charge on any atom is 0.138 e. The third-order valence-electron chi connectivity index (χ3n) is 6.03. The third-order valence-corrected chi connectivity index (χ3v) is 6.35. The molecule has 1 fully saturated rings. The molecule has 3 aromatic rings. The Hall–Kier alpha value is -2.54. The molecule has 1 saturated heterocycles. The average molecular weight is 470 g/mol. The zero-order valence-corrected chi connectivity index (χ0v) is 19.9. The number of piperidine rings is 1. The van der Waals surface area contributed by atoms with E-state index in [0.717, 1.165) is 43.9 Å². The second kappa shape index (κ2) is 11.1. The molecule has 1 N–H and O–H groups in total. The standard InChI is InChI=1S/C26H32ClN3O3/c1-21-7-8-24(27)25(17-21)33-20-26(31)9-14-29(15-10-26)19-22-5-2-6-23(18-22)32-16-4-13-30-12-3-11-28-30/h2-3,5-8,11-12,17-18,31H,4,9-10,13-16,19-20H2,1H3. The normalized spacial score (nSPS) is 16.0. The Bertz CT molecular complexity index is 1020. The van der Waals surface area contributed by atoms with E-state index in [2.05, 4.69) is 22.1 Å². The van der Waals surface area contributed by atoms with Crippen LogP contribution in [-0.2, 0) is 13.1 Å². The Morgan fingerprint density at radius 3 is 2.73 bits per heavy atom. The van der Waals surface area contributed by atoms with Crippen LogP contribution in [0.4, 0.5) is 0 Å². The Kier molecular flexibility index (Phi) is 7.91. The molecule has 0 unspecified atom stereocenters. The van der Waals surface area contributed by atoms with E-state index in [4.69, 9.17) is 21.1 Å². The van der Waals surface area contributed by atoms with Gasteiger partial charge in [0, 0.05) is 45.0 Å². The van der Waals surface area contributed by atoms with E-state index < -0.39 is 5.60 Å². The summed E-state index contributed by atoms with van der Waals surface area (Å²) in [5.74, 6) is 1.53. The fourth-order valence-corrected chi connectivity index (χ4v) is 4.22. The molecule has 2 aromatic carbocycles. The third kappa shape index (κ3) is 6.97. The first kappa shape index (κ1) is 23.6. The number of aromatic nitrogens is 2. The first-order chi connectivity index (χ1) is 16.0. The van der Waals surface area contributed by atoms with Gasteiger partial charge in [-0.2, -0.15) is 5.10 Å². The predicted octanol–water partition coefficient (Wildman–Crippen LogP) is 4.72. The van der Waals surface area contributed by atoms with E-state index in [9.17, 15) is 5.11 Å². The zero-order chi connectivity index (χ0) is 23.1. The Labute approximate surface area is 200 Å². The number of likely N-dealkylation sites (tertiary alicyclic amines) is 1. The molecule has 2 heterocycles. The van der Waals surface area contributed by atoms with Gasteiger partial charge in [0.05, 0.1) is 11.6 Å². The Morgan fingerprint density at radius 2 is 1.94 bits per heavy atom. The second-order valence-corrected chi connectivity index (χ2v) is 9.25. The molecule has 7 heteroatoms. The van der Waals surface area contributed by atoms with Crippen LogP contribution in [0.15, 0.2) is 60.9 Å². The molecule has 6 nitrogen and oxygen atoms in total. The van der Waals surface area contributed by atoms with Gasteiger partial charge in [-0.1, -0.05) is 29.8 Å². The SMILES string of the molecule is Cc1ccc(Cl)c(OCC2(O)CCN(Cc3cccc(OCCCn4cccn4)c3)CC2)c1. The van der Waals surface area contributed by atoms with Crippen molar-refractivity contribution in [1.82, 2.24) is 14.7 Å². The molecule has 0 bridgehead atoms. The van der Waals surface area contributed by atoms with E-state index in [1.807, 2.05) is 54.2 Å². The van der Waals surface area contributed by atoms with E-state index >= 15 is 0 Å². The van der Waals surface area contributed by atoms with Crippen LogP contribution < -0.4 is 9.47 Å². The highest BCUT2D eigenvalue weighted by atomic mass is 35.5. The molecular formula is C26H32ClN3O3. The summed E-state index contributed by atoms with van der Waals surface area (Å²) in [4.78, 5) is 2.37. The monoisotopic (exact) mass is 469 g/mol. The number of aliphatic hydroxyl groups is 1. The fourth-order valence-electron chi connectivity index (χ4n) is 4.05. The highest BCUT2D eigenvalue weighted by Crippen LogP contribution is 2.29. The minimum Gasteiger partial charge on any atom is -0.494 e. The highest BCUT2D eigenvalue weighted by Gasteiger charge is 2.33. The summed E-state index contributed by atoms with van der Waals surface area (Å²) in [6.45, 7) is 6.23. The van der Waals surface area contributed by atoms with Gasteiger partial charge in [-0.15, -0.1) is 0 Å². The van der Waals surface area contributed by atoms with Gasteiger partial charge in [-0.3, -0.25) is 9.58 Å². The lowest BCUT2D eigenvalue weighted by Gasteiger charge is -2.38. The predicted molar refractivity (Wildman–Crippen MR) is 130 cm³/mol. The van der Waals surface area contributed by atoms with E-state index in [1.54, 1.807) is 6.20 Å². The van der Waals surface area contributed by atoms with Gasteiger partial charge in [0.2, 0.25) is 0 Å². The molecule has 0 saturated carbocycles. The molecule has 0 spiro atoms. The molecule has 1 aliphatic rings. The van der Waals surface area contributed by atoms with Crippen molar-refractivity contribution in [3.05, 3.63) is 77.1 Å². The summed E-state index contributed by atoms with van der Waals surface area (Å²) in [5.41, 5.74) is 1.47. The van der Waals surface area contributed by atoms with Crippen LogP contribution in [0.3, 0.4) is 0 Å².